The number of carbonyl (C=O) groups is 1. The molecule has 0 radical (unpaired) electrons. The fraction of sp³-hybridized carbons (Fsp3) is 0.200. The van der Waals surface area contributed by atoms with E-state index in [1.54, 1.807) is 18.2 Å². The molecule has 0 bridgehead atoms. The number of hydrogen-bond donors (Lipinski definition) is 2. The summed E-state index contributed by atoms with van der Waals surface area (Å²) in [5.74, 6) is -1.75. The topological polar surface area (TPSA) is 76.2 Å². The number of methoxy groups -OCH3 is 2. The van der Waals surface area contributed by atoms with Crippen molar-refractivity contribution in [3.8, 4) is 22.8 Å². The lowest BCUT2D eigenvalue weighted by Gasteiger charge is -2.14. The number of aryl methyl sites for hydroxylation is 1. The Morgan fingerprint density at radius 2 is 1.79 bits per heavy atom. The molecule has 146 valence electrons. The van der Waals surface area contributed by atoms with Gasteiger partial charge in [0.05, 0.1) is 25.6 Å². The van der Waals surface area contributed by atoms with Crippen LogP contribution >= 0.6 is 0 Å². The summed E-state index contributed by atoms with van der Waals surface area (Å²) in [4.78, 5) is 13.0. The predicted molar refractivity (Wildman–Crippen MR) is 101 cm³/mol. The molecule has 0 aliphatic heterocycles. The van der Waals surface area contributed by atoms with E-state index >= 15 is 0 Å². The van der Waals surface area contributed by atoms with Gasteiger partial charge in [-0.1, -0.05) is 13.0 Å². The zero-order valence-corrected chi connectivity index (χ0v) is 15.6. The first kappa shape index (κ1) is 19.3. The minimum Gasteiger partial charge on any atom is -0.496 e. The zero-order chi connectivity index (χ0) is 20.3. The van der Waals surface area contributed by atoms with Crippen LogP contribution in [-0.2, 0) is 6.42 Å². The third-order valence-corrected chi connectivity index (χ3v) is 4.28. The second-order valence-corrected chi connectivity index (χ2v) is 5.90. The van der Waals surface area contributed by atoms with Crippen molar-refractivity contribution in [2.75, 3.05) is 19.5 Å². The van der Waals surface area contributed by atoms with Crippen LogP contribution in [-0.4, -0.2) is 30.3 Å². The van der Waals surface area contributed by atoms with Crippen molar-refractivity contribution in [3.05, 3.63) is 59.3 Å². The molecule has 0 spiro atoms. The molecule has 1 aromatic heterocycles. The highest BCUT2D eigenvalue weighted by Gasteiger charge is 2.23. The van der Waals surface area contributed by atoms with Gasteiger partial charge in [0.15, 0.2) is 11.6 Å². The van der Waals surface area contributed by atoms with E-state index in [0.717, 1.165) is 12.1 Å². The number of nitrogens with zero attached hydrogens (tertiary/aromatic N) is 1. The van der Waals surface area contributed by atoms with Gasteiger partial charge in [-0.05, 0) is 36.8 Å². The number of ether oxygens (including phenoxy) is 2. The van der Waals surface area contributed by atoms with E-state index in [0.29, 0.717) is 40.6 Å². The molecule has 3 aromatic rings. The van der Waals surface area contributed by atoms with E-state index in [1.807, 2.05) is 6.92 Å². The number of hydrogen-bond acceptors (Lipinski definition) is 4. The van der Waals surface area contributed by atoms with Gasteiger partial charge in [0.25, 0.3) is 5.91 Å². The average Bonchev–Trinajstić information content (AvgIpc) is 3.11. The Labute approximate surface area is 160 Å². The number of carbonyl (C=O) groups excluding carboxylic acids is 1. The monoisotopic (exact) mass is 387 g/mol. The van der Waals surface area contributed by atoms with Crippen molar-refractivity contribution < 1.29 is 23.0 Å². The summed E-state index contributed by atoms with van der Waals surface area (Å²) in [5.41, 5.74) is 1.87. The quantitative estimate of drug-likeness (QED) is 0.665. The molecule has 0 saturated carbocycles. The van der Waals surface area contributed by atoms with Gasteiger partial charge in [-0.25, -0.2) is 8.78 Å². The molecule has 2 N–H and O–H groups in total. The van der Waals surface area contributed by atoms with Crippen LogP contribution in [0.4, 0.5) is 14.5 Å². The van der Waals surface area contributed by atoms with Crippen LogP contribution in [0.3, 0.4) is 0 Å². The number of nitrogens with one attached hydrogen (secondary N) is 2. The SMILES string of the molecule is CCc1[nH]nc(-c2ccc(F)c(F)c2)c1NC(=O)c1c(OC)cccc1OC. The minimum atomic E-state index is -0.998. The normalized spacial score (nSPS) is 10.6. The number of amides is 1. The summed E-state index contributed by atoms with van der Waals surface area (Å²) in [7, 11) is 2.90. The first-order chi connectivity index (χ1) is 13.5. The van der Waals surface area contributed by atoms with Crippen molar-refractivity contribution in [2.24, 2.45) is 0 Å². The van der Waals surface area contributed by atoms with Crippen molar-refractivity contribution in [1.29, 1.82) is 0 Å². The molecule has 1 amide bonds. The molecular weight excluding hydrogens is 368 g/mol. The highest BCUT2D eigenvalue weighted by molar-refractivity contribution is 6.09. The highest BCUT2D eigenvalue weighted by atomic mass is 19.2. The van der Waals surface area contributed by atoms with E-state index in [9.17, 15) is 13.6 Å². The molecule has 28 heavy (non-hydrogen) atoms. The largest absolute Gasteiger partial charge is 0.496 e. The van der Waals surface area contributed by atoms with E-state index in [4.69, 9.17) is 9.47 Å². The smallest absolute Gasteiger partial charge is 0.263 e. The lowest BCUT2D eigenvalue weighted by Crippen LogP contribution is -2.15. The maximum atomic E-state index is 13.7. The summed E-state index contributed by atoms with van der Waals surface area (Å²) in [6.45, 7) is 1.88. The summed E-state index contributed by atoms with van der Waals surface area (Å²) in [6.07, 6.45) is 0.537. The number of H-pyrrole nitrogens is 1. The summed E-state index contributed by atoms with van der Waals surface area (Å²) in [6, 6.07) is 8.43. The van der Waals surface area contributed by atoms with Crippen LogP contribution in [0.25, 0.3) is 11.3 Å². The molecular formula is C20H19F2N3O3. The molecule has 0 fully saturated rings. The Morgan fingerprint density at radius 1 is 1.11 bits per heavy atom. The van der Waals surface area contributed by atoms with Crippen LogP contribution < -0.4 is 14.8 Å². The molecule has 2 aromatic carbocycles. The van der Waals surface area contributed by atoms with Crippen LogP contribution in [0, 0.1) is 11.6 Å². The summed E-state index contributed by atoms with van der Waals surface area (Å²) >= 11 is 0. The molecule has 6 nitrogen and oxygen atoms in total. The van der Waals surface area contributed by atoms with Crippen LogP contribution in [0.15, 0.2) is 36.4 Å². The molecule has 1 heterocycles. The second-order valence-electron chi connectivity index (χ2n) is 5.90. The number of anilines is 1. The van der Waals surface area contributed by atoms with Gasteiger partial charge in [0.2, 0.25) is 0 Å². The van der Waals surface area contributed by atoms with Crippen LogP contribution in [0.1, 0.15) is 23.0 Å². The van der Waals surface area contributed by atoms with Crippen LogP contribution in [0.2, 0.25) is 0 Å². The maximum absolute atomic E-state index is 13.7. The first-order valence-electron chi connectivity index (χ1n) is 8.55. The maximum Gasteiger partial charge on any atom is 0.263 e. The van der Waals surface area contributed by atoms with E-state index < -0.39 is 17.5 Å². The third-order valence-electron chi connectivity index (χ3n) is 4.28. The Balaban J connectivity index is 2.04. The fourth-order valence-electron chi connectivity index (χ4n) is 2.87. The predicted octanol–water partition coefficient (Wildman–Crippen LogP) is 4.19. The molecule has 8 heteroatoms. The van der Waals surface area contributed by atoms with E-state index in [1.165, 1.54) is 20.3 Å². The number of aromatic amines is 1. The van der Waals surface area contributed by atoms with Gasteiger partial charge in [-0.15, -0.1) is 0 Å². The van der Waals surface area contributed by atoms with E-state index in [-0.39, 0.29) is 5.56 Å². The molecule has 0 aliphatic rings. The number of benzene rings is 2. The van der Waals surface area contributed by atoms with Crippen molar-refractivity contribution in [2.45, 2.75) is 13.3 Å². The number of halogens is 2. The van der Waals surface area contributed by atoms with E-state index in [2.05, 4.69) is 15.5 Å². The summed E-state index contributed by atoms with van der Waals surface area (Å²) < 4.78 is 37.5. The lowest BCUT2D eigenvalue weighted by molar-refractivity contribution is 0.102. The molecule has 0 aliphatic carbocycles. The Bertz CT molecular complexity index is 996. The van der Waals surface area contributed by atoms with Gasteiger partial charge in [0.1, 0.15) is 22.8 Å². The van der Waals surface area contributed by atoms with Crippen molar-refractivity contribution in [1.82, 2.24) is 10.2 Å². The molecule has 3 rings (SSSR count). The van der Waals surface area contributed by atoms with Gasteiger partial charge in [0, 0.05) is 5.56 Å². The standard InChI is InChI=1S/C20H19F2N3O3/c1-4-14-19(18(25-24-14)11-8-9-12(21)13(22)10-11)23-20(26)17-15(27-2)6-5-7-16(17)28-3/h5-10H,4H2,1-3H3,(H,23,26)(H,24,25). The van der Waals surface area contributed by atoms with Crippen molar-refractivity contribution >= 4 is 11.6 Å². The zero-order valence-electron chi connectivity index (χ0n) is 15.6. The average molecular weight is 387 g/mol. The summed E-state index contributed by atoms with van der Waals surface area (Å²) in [5, 5.41) is 9.80. The minimum absolute atomic E-state index is 0.215. The van der Waals surface area contributed by atoms with Gasteiger partial charge < -0.3 is 14.8 Å². The third kappa shape index (κ3) is 3.53. The Morgan fingerprint density at radius 3 is 2.36 bits per heavy atom. The lowest BCUT2D eigenvalue weighted by atomic mass is 10.1. The fourth-order valence-corrected chi connectivity index (χ4v) is 2.87. The molecule has 0 atom stereocenters. The highest BCUT2D eigenvalue weighted by Crippen LogP contribution is 2.33. The Hall–Kier alpha value is -3.42. The van der Waals surface area contributed by atoms with Gasteiger partial charge in [-0.3, -0.25) is 9.89 Å². The number of rotatable bonds is 6. The van der Waals surface area contributed by atoms with Gasteiger partial charge >= 0.3 is 0 Å². The second kappa shape index (κ2) is 8.08. The first-order valence-corrected chi connectivity index (χ1v) is 8.55. The molecule has 0 saturated heterocycles. The Kier molecular flexibility index (Phi) is 5.58. The number of aromatic nitrogens is 2. The van der Waals surface area contributed by atoms with Crippen LogP contribution in [0.5, 0.6) is 11.5 Å². The van der Waals surface area contributed by atoms with Crippen molar-refractivity contribution in [3.63, 3.8) is 0 Å². The molecule has 0 unspecified atom stereocenters. The van der Waals surface area contributed by atoms with Gasteiger partial charge in [-0.2, -0.15) is 5.10 Å².